The molecule has 1 aromatic carbocycles. The molecule has 0 spiro atoms. The number of benzene rings is 1. The van der Waals surface area contributed by atoms with E-state index in [1.807, 2.05) is 0 Å². The Morgan fingerprint density at radius 1 is 1.17 bits per heavy atom. The van der Waals surface area contributed by atoms with Gasteiger partial charge in [-0.05, 0) is 43.7 Å². The first-order valence-electron chi connectivity index (χ1n) is 8.19. The summed E-state index contributed by atoms with van der Waals surface area (Å²) in [5.74, 6) is 0.711. The van der Waals surface area contributed by atoms with E-state index in [9.17, 15) is 13.2 Å². The number of nitrogens with one attached hydrogen (secondary N) is 1. The minimum atomic E-state index is -3.53. The Bertz CT molecular complexity index is 676. The maximum Gasteiger partial charge on any atom is 0.243 e. The molecule has 132 valence electrons. The number of nitrogens with zero attached hydrogens (tertiary/aromatic N) is 2. The van der Waals surface area contributed by atoms with E-state index >= 15 is 0 Å². The molecule has 2 aliphatic heterocycles. The van der Waals surface area contributed by atoms with Gasteiger partial charge in [-0.25, -0.2) is 8.42 Å². The number of ether oxygens (including phenoxy) is 1. The fraction of sp³-hybridized carbons (Fsp3) is 0.562. The molecule has 0 aliphatic carbocycles. The van der Waals surface area contributed by atoms with Gasteiger partial charge in [0.05, 0.1) is 18.0 Å². The number of amides is 1. The van der Waals surface area contributed by atoms with E-state index in [0.29, 0.717) is 31.9 Å². The van der Waals surface area contributed by atoms with Crippen molar-refractivity contribution < 1.29 is 17.9 Å². The van der Waals surface area contributed by atoms with Crippen LogP contribution in [0.2, 0.25) is 0 Å². The molecule has 7 nitrogen and oxygen atoms in total. The lowest BCUT2D eigenvalue weighted by Crippen LogP contribution is -2.54. The van der Waals surface area contributed by atoms with Crippen molar-refractivity contribution in [3.05, 3.63) is 24.3 Å². The topological polar surface area (TPSA) is 79.0 Å². The fourth-order valence-corrected chi connectivity index (χ4v) is 4.58. The molecule has 0 radical (unpaired) electrons. The van der Waals surface area contributed by atoms with Gasteiger partial charge < -0.3 is 15.0 Å². The summed E-state index contributed by atoms with van der Waals surface area (Å²) < 4.78 is 31.9. The predicted molar refractivity (Wildman–Crippen MR) is 89.4 cm³/mol. The lowest BCUT2D eigenvalue weighted by Gasteiger charge is -2.35. The van der Waals surface area contributed by atoms with Crippen LogP contribution in [0.1, 0.15) is 12.8 Å². The van der Waals surface area contributed by atoms with Crippen molar-refractivity contribution in [2.45, 2.75) is 23.8 Å². The third-order valence-electron chi connectivity index (χ3n) is 4.61. The molecule has 2 aliphatic rings. The molecular weight excluding hydrogens is 330 g/mol. The standard InChI is InChI=1S/C16H23N3O4S/c1-23-13-4-6-14(7-5-13)24(21,22)19-11-9-18(10-12-19)16(20)15-3-2-8-17-15/h4-7,15,17H,2-3,8-12H2,1H3. The van der Waals surface area contributed by atoms with Gasteiger partial charge in [0, 0.05) is 26.2 Å². The summed E-state index contributed by atoms with van der Waals surface area (Å²) in [5.41, 5.74) is 0. The third-order valence-corrected chi connectivity index (χ3v) is 6.52. The molecule has 3 rings (SSSR count). The molecule has 0 bridgehead atoms. The molecular formula is C16H23N3O4S. The van der Waals surface area contributed by atoms with Crippen molar-refractivity contribution in [3.8, 4) is 5.75 Å². The smallest absolute Gasteiger partial charge is 0.243 e. The van der Waals surface area contributed by atoms with E-state index in [1.54, 1.807) is 36.3 Å². The third kappa shape index (κ3) is 3.40. The summed E-state index contributed by atoms with van der Waals surface area (Å²) in [6, 6.07) is 6.27. The van der Waals surface area contributed by atoms with Gasteiger partial charge in [0.15, 0.2) is 0 Å². The highest BCUT2D eigenvalue weighted by atomic mass is 32.2. The molecule has 24 heavy (non-hydrogen) atoms. The van der Waals surface area contributed by atoms with E-state index in [4.69, 9.17) is 4.74 Å². The van der Waals surface area contributed by atoms with Gasteiger partial charge in [0.25, 0.3) is 0 Å². The molecule has 1 atom stereocenters. The second kappa shape index (κ2) is 7.08. The average molecular weight is 353 g/mol. The Kier molecular flexibility index (Phi) is 5.07. The number of piperazine rings is 1. The molecule has 2 saturated heterocycles. The zero-order chi connectivity index (χ0) is 17.2. The van der Waals surface area contributed by atoms with Crippen molar-refractivity contribution in [2.24, 2.45) is 0 Å². The first-order valence-corrected chi connectivity index (χ1v) is 9.63. The molecule has 1 aromatic rings. The molecule has 8 heteroatoms. The first kappa shape index (κ1) is 17.2. The second-order valence-corrected chi connectivity index (χ2v) is 7.99. The predicted octanol–water partition coefficient (Wildman–Crippen LogP) is 0.280. The Morgan fingerprint density at radius 2 is 1.83 bits per heavy atom. The van der Waals surface area contributed by atoms with Crippen LogP contribution in [-0.4, -0.2) is 69.4 Å². The normalized spacial score (nSPS) is 22.5. The highest BCUT2D eigenvalue weighted by molar-refractivity contribution is 7.89. The number of hydrogen-bond donors (Lipinski definition) is 1. The van der Waals surface area contributed by atoms with E-state index in [-0.39, 0.29) is 16.8 Å². The van der Waals surface area contributed by atoms with Crippen molar-refractivity contribution >= 4 is 15.9 Å². The van der Waals surface area contributed by atoms with E-state index < -0.39 is 10.0 Å². The van der Waals surface area contributed by atoms with Crippen molar-refractivity contribution in [3.63, 3.8) is 0 Å². The van der Waals surface area contributed by atoms with Crippen LogP contribution >= 0.6 is 0 Å². The van der Waals surface area contributed by atoms with E-state index in [1.165, 1.54) is 4.31 Å². The molecule has 1 amide bonds. The van der Waals surface area contributed by atoms with Crippen LogP contribution in [0.5, 0.6) is 5.75 Å². The summed E-state index contributed by atoms with van der Waals surface area (Å²) >= 11 is 0. The monoisotopic (exact) mass is 353 g/mol. The zero-order valence-electron chi connectivity index (χ0n) is 13.8. The van der Waals surface area contributed by atoms with Crippen LogP contribution in [0.25, 0.3) is 0 Å². The summed E-state index contributed by atoms with van der Waals surface area (Å²) in [7, 11) is -1.99. The quantitative estimate of drug-likeness (QED) is 0.841. The molecule has 1 unspecified atom stereocenters. The highest BCUT2D eigenvalue weighted by Gasteiger charge is 2.33. The highest BCUT2D eigenvalue weighted by Crippen LogP contribution is 2.21. The zero-order valence-corrected chi connectivity index (χ0v) is 14.6. The maximum atomic E-state index is 12.7. The van der Waals surface area contributed by atoms with Crippen LogP contribution in [-0.2, 0) is 14.8 Å². The summed E-state index contributed by atoms with van der Waals surface area (Å²) in [5, 5.41) is 3.20. The van der Waals surface area contributed by atoms with E-state index in [2.05, 4.69) is 5.32 Å². The summed E-state index contributed by atoms with van der Waals surface area (Å²) in [4.78, 5) is 14.4. The van der Waals surface area contributed by atoms with Gasteiger partial charge in [0.1, 0.15) is 5.75 Å². The van der Waals surface area contributed by atoms with Crippen molar-refractivity contribution in [1.29, 1.82) is 0 Å². The van der Waals surface area contributed by atoms with Crippen molar-refractivity contribution in [1.82, 2.24) is 14.5 Å². The summed E-state index contributed by atoms with van der Waals surface area (Å²) in [6.45, 7) is 2.40. The largest absolute Gasteiger partial charge is 0.497 e. The Morgan fingerprint density at radius 3 is 2.38 bits per heavy atom. The van der Waals surface area contributed by atoms with Crippen LogP contribution < -0.4 is 10.1 Å². The number of rotatable bonds is 4. The van der Waals surface area contributed by atoms with Gasteiger partial charge >= 0.3 is 0 Å². The summed E-state index contributed by atoms with van der Waals surface area (Å²) in [6.07, 6.45) is 1.88. The number of carbonyl (C=O) groups excluding carboxylic acids is 1. The second-order valence-electron chi connectivity index (χ2n) is 6.05. The van der Waals surface area contributed by atoms with Gasteiger partial charge in [-0.2, -0.15) is 4.31 Å². The number of hydrogen-bond acceptors (Lipinski definition) is 5. The number of methoxy groups -OCH3 is 1. The Hall–Kier alpha value is -1.64. The lowest BCUT2D eigenvalue weighted by atomic mass is 10.2. The number of sulfonamides is 1. The SMILES string of the molecule is COc1ccc(S(=O)(=O)N2CCN(C(=O)C3CCCN3)CC2)cc1. The van der Waals surface area contributed by atoms with Gasteiger partial charge in [-0.3, -0.25) is 4.79 Å². The molecule has 1 N–H and O–H groups in total. The molecule has 2 fully saturated rings. The maximum absolute atomic E-state index is 12.7. The fourth-order valence-electron chi connectivity index (χ4n) is 3.16. The van der Waals surface area contributed by atoms with Gasteiger partial charge in [0.2, 0.25) is 15.9 Å². The van der Waals surface area contributed by atoms with E-state index in [0.717, 1.165) is 19.4 Å². The molecule has 0 saturated carbocycles. The number of carbonyl (C=O) groups is 1. The van der Waals surface area contributed by atoms with Crippen LogP contribution in [0.15, 0.2) is 29.2 Å². The lowest BCUT2D eigenvalue weighted by molar-refractivity contribution is -0.134. The molecule has 0 aromatic heterocycles. The minimum absolute atomic E-state index is 0.0917. The van der Waals surface area contributed by atoms with Crippen molar-refractivity contribution in [2.75, 3.05) is 39.8 Å². The molecule has 2 heterocycles. The Balaban J connectivity index is 1.63. The Labute approximate surface area is 142 Å². The van der Waals surface area contributed by atoms with Crippen LogP contribution in [0, 0.1) is 0 Å². The average Bonchev–Trinajstić information content (AvgIpc) is 3.16. The van der Waals surface area contributed by atoms with Gasteiger partial charge in [-0.15, -0.1) is 0 Å². The van der Waals surface area contributed by atoms with Gasteiger partial charge in [-0.1, -0.05) is 0 Å². The minimum Gasteiger partial charge on any atom is -0.497 e. The van der Waals surface area contributed by atoms with Crippen LogP contribution in [0.3, 0.4) is 0 Å². The van der Waals surface area contributed by atoms with Crippen LogP contribution in [0.4, 0.5) is 0 Å². The first-order chi connectivity index (χ1) is 11.5.